The first-order valence-corrected chi connectivity index (χ1v) is 38.9. The molecule has 588 valence electrons. The van der Waals surface area contributed by atoms with E-state index in [0.717, 1.165) is 130 Å². The van der Waals surface area contributed by atoms with E-state index in [1.165, 1.54) is 0 Å². The minimum atomic E-state index is -2.61. The molecule has 20 rings (SSSR count). The Morgan fingerprint density at radius 1 is 0.386 bits per heavy atom. The lowest BCUT2D eigenvalue weighted by Gasteiger charge is -2.40. The largest absolute Gasteiger partial charge is 0.393 e. The first-order valence-electron chi connectivity index (χ1n) is 38.6. The molecular weight excluding hydrogens is 1480 g/mol. The number of ketones is 1. The summed E-state index contributed by atoms with van der Waals surface area (Å²) in [5, 5.41) is 22.2. The topological polar surface area (TPSA) is 378 Å². The average Bonchev–Trinajstić information content (AvgIpc) is 1.45. The second-order valence-corrected chi connectivity index (χ2v) is 30.0. The Labute approximate surface area is 657 Å². The number of aromatic amines is 4. The number of halogens is 3. The van der Waals surface area contributed by atoms with Gasteiger partial charge >= 0.3 is 0 Å². The second kappa shape index (κ2) is 33.8. The number of aliphatic hydroxyl groups is 2. The Kier molecular flexibility index (Phi) is 22.5. The monoisotopic (exact) mass is 1570 g/mol. The number of aromatic nitrogens is 16. The molecule has 4 aromatic carbocycles. The van der Waals surface area contributed by atoms with Crippen LogP contribution in [-0.4, -0.2) is 262 Å². The normalized spacial score (nSPS) is 18.3. The molecule has 0 saturated carbocycles. The first kappa shape index (κ1) is 76.1. The van der Waals surface area contributed by atoms with Gasteiger partial charge < -0.3 is 69.8 Å². The van der Waals surface area contributed by atoms with Gasteiger partial charge in [0.2, 0.25) is 0 Å². The predicted octanol–water partition coefficient (Wildman–Crippen LogP) is 8.12. The van der Waals surface area contributed by atoms with Crippen molar-refractivity contribution in [1.29, 1.82) is 0 Å². The summed E-state index contributed by atoms with van der Waals surface area (Å²) in [6.07, 6.45) is 17.0. The van der Waals surface area contributed by atoms with Crippen molar-refractivity contribution >= 4 is 103 Å². The van der Waals surface area contributed by atoms with Gasteiger partial charge in [-0.05, 0) is 87.3 Å². The van der Waals surface area contributed by atoms with Crippen molar-refractivity contribution in [2.45, 2.75) is 93.2 Å². The number of hydrogen-bond donors (Lipinski definition) is 7. The number of imidazole rings is 4. The fraction of sp³-hybridized carbons (Fsp3) is 0.388. The number of carbonyl (C=O) groups excluding carboxylic acids is 5. The summed E-state index contributed by atoms with van der Waals surface area (Å²) in [6.45, 7) is 9.97. The molecule has 8 fully saturated rings. The van der Waals surface area contributed by atoms with Gasteiger partial charge in [-0.1, -0.05) is 60.1 Å². The van der Waals surface area contributed by atoms with Crippen LogP contribution in [0.25, 0.3) is 44.1 Å². The maximum Gasteiger partial charge on any atom is 0.289 e. The molecule has 8 aliphatic rings. The van der Waals surface area contributed by atoms with E-state index < -0.39 is 5.92 Å². The van der Waals surface area contributed by atoms with E-state index in [1.807, 2.05) is 102 Å². The van der Waals surface area contributed by atoms with Gasteiger partial charge in [-0.2, -0.15) is 0 Å². The van der Waals surface area contributed by atoms with E-state index in [-0.39, 0.29) is 85.4 Å². The molecule has 4 amide bonds. The van der Waals surface area contributed by atoms with Gasteiger partial charge in [0.1, 0.15) is 5.78 Å². The van der Waals surface area contributed by atoms with E-state index >= 15 is 0 Å². The van der Waals surface area contributed by atoms with E-state index in [1.54, 1.807) is 69.2 Å². The Balaban J connectivity index is 0.000000112. The van der Waals surface area contributed by atoms with Gasteiger partial charge in [-0.25, -0.2) is 48.7 Å². The number of fused-ring (bicyclic) bond motifs is 4. The number of para-hydroxylation sites is 8. The lowest BCUT2D eigenvalue weighted by molar-refractivity contribution is -0.119. The van der Waals surface area contributed by atoms with Crippen molar-refractivity contribution in [3.63, 3.8) is 0 Å². The maximum atomic E-state index is 13.5. The molecule has 8 aliphatic heterocycles. The smallest absolute Gasteiger partial charge is 0.289 e. The number of piperidine rings is 4. The number of Topliss-reactive ketones (excluding diaryl/α,β-unsaturated/α-hetero) is 1. The molecule has 0 bridgehead atoms. The highest BCUT2D eigenvalue weighted by molar-refractivity contribution is 6.30. The Bertz CT molecular complexity index is 5280. The summed E-state index contributed by atoms with van der Waals surface area (Å²) < 4.78 is 27.0. The van der Waals surface area contributed by atoms with Crippen LogP contribution < -0.4 is 20.0 Å². The number of anilines is 3. The number of carbonyl (C=O) groups is 5. The molecule has 7 N–H and O–H groups in total. The van der Waals surface area contributed by atoms with Crippen LogP contribution in [0.1, 0.15) is 140 Å². The number of hydrogen-bond acceptors (Lipinski definition) is 23. The fourth-order valence-electron chi connectivity index (χ4n) is 15.2. The first-order chi connectivity index (χ1) is 55.5. The predicted molar refractivity (Wildman–Crippen MR) is 421 cm³/mol. The molecule has 34 heteroatoms. The zero-order valence-electron chi connectivity index (χ0n) is 62.4. The van der Waals surface area contributed by atoms with Crippen molar-refractivity contribution in [3.8, 4) is 0 Å². The highest BCUT2D eigenvalue weighted by Gasteiger charge is 2.43. The number of nitrogens with zero attached hydrogens (tertiary/aromatic N) is 19. The van der Waals surface area contributed by atoms with Gasteiger partial charge in [-0.15, -0.1) is 0 Å². The molecule has 12 aromatic rings. The van der Waals surface area contributed by atoms with Crippen LogP contribution in [0.4, 0.5) is 26.2 Å². The maximum absolute atomic E-state index is 13.5. The Morgan fingerprint density at radius 2 is 0.675 bits per heavy atom. The summed E-state index contributed by atoms with van der Waals surface area (Å²) in [4.78, 5) is 141. The lowest BCUT2D eigenvalue weighted by atomic mass is 9.94. The molecule has 31 nitrogen and oxygen atoms in total. The molecular formula is C80H85ClF2N24O7. The Hall–Kier alpha value is -11.9. The molecule has 114 heavy (non-hydrogen) atoms. The second-order valence-electron chi connectivity index (χ2n) is 29.6. The summed E-state index contributed by atoms with van der Waals surface area (Å²) in [7, 11) is 0. The number of amides is 4. The van der Waals surface area contributed by atoms with Gasteiger partial charge in [-0.3, -0.25) is 43.9 Å². The summed E-state index contributed by atoms with van der Waals surface area (Å²) >= 11 is 6.03. The van der Waals surface area contributed by atoms with E-state index in [2.05, 4.69) is 94.9 Å². The summed E-state index contributed by atoms with van der Waals surface area (Å²) in [5.74, 6) is 1.56. The molecule has 16 heterocycles. The highest BCUT2D eigenvalue weighted by Crippen LogP contribution is 2.39. The van der Waals surface area contributed by atoms with Crippen LogP contribution in [-0.2, 0) is 4.79 Å². The van der Waals surface area contributed by atoms with E-state index in [4.69, 9.17) is 16.7 Å². The van der Waals surface area contributed by atoms with E-state index in [0.29, 0.717) is 118 Å². The van der Waals surface area contributed by atoms with Crippen molar-refractivity contribution in [2.75, 3.05) is 119 Å². The standard InChI is InChI=1S/C20H20F2N6O.C20H22N6O2.C20H20N6O2.C15H12ClN5O.C5H11NO/c21-20(22)5-9-27(10-6-20)18-16(23-7-8-24-18)13-11-28(12-13)19(29)17-25-14-3-1-2-4-15(14)26-17;2*27-14-5-9-25(10-6-14)19-17(21-7-8-22-19)13-11-26(12-13)20(28)18-23-15-3-1-2-4-16(15)24-18;16-13-12(17-5-6-18-13)9-7-21(8-9)15(22)14-19-10-3-1-2-4-11(10)20-14;7-5-1-3-6-4-2-5/h1-4,7-8,13H,5-6,9-12H2,(H,25,26);1-4,7-8,13-14,27H,5-6,9-12H2,(H,23,24);1-4,7-8,13H,5-6,9-12H2,(H,23,24);1-6,9H,7-8H2,(H,19,20);5-7H,1-4H2. The van der Waals surface area contributed by atoms with Crippen molar-refractivity contribution < 1.29 is 43.0 Å². The number of benzene rings is 4. The minimum Gasteiger partial charge on any atom is -0.393 e. The summed E-state index contributed by atoms with van der Waals surface area (Å²) in [6, 6.07) is 30.3. The number of nitrogens with one attached hydrogen (secondary N) is 5. The van der Waals surface area contributed by atoms with Gasteiger partial charge in [0, 0.05) is 191 Å². The number of H-pyrrole nitrogens is 4. The van der Waals surface area contributed by atoms with E-state index in [9.17, 15) is 37.9 Å². The molecule has 0 spiro atoms. The fourth-order valence-corrected chi connectivity index (χ4v) is 15.5. The van der Waals surface area contributed by atoms with Crippen LogP contribution in [0, 0.1) is 0 Å². The highest BCUT2D eigenvalue weighted by atomic mass is 35.5. The van der Waals surface area contributed by atoms with Crippen molar-refractivity contribution in [3.05, 3.63) is 198 Å². The quantitative estimate of drug-likeness (QED) is 0.0642. The van der Waals surface area contributed by atoms with Crippen LogP contribution in [0.2, 0.25) is 5.15 Å². The molecule has 0 atom stereocenters. The number of aliphatic hydroxyl groups excluding tert-OH is 2. The van der Waals surface area contributed by atoms with Crippen molar-refractivity contribution in [1.82, 2.24) is 105 Å². The molecule has 8 saturated heterocycles. The van der Waals surface area contributed by atoms with Gasteiger partial charge in [0.25, 0.3) is 29.6 Å². The summed E-state index contributed by atoms with van der Waals surface area (Å²) in [5.41, 5.74) is 9.91. The van der Waals surface area contributed by atoms with Crippen LogP contribution >= 0.6 is 11.6 Å². The molecule has 0 unspecified atom stereocenters. The van der Waals surface area contributed by atoms with Crippen LogP contribution in [0.5, 0.6) is 0 Å². The molecule has 0 radical (unpaired) electrons. The van der Waals surface area contributed by atoms with Crippen LogP contribution in [0.15, 0.2) is 147 Å². The van der Waals surface area contributed by atoms with Gasteiger partial charge in [0.15, 0.2) is 45.9 Å². The number of alkyl halides is 2. The van der Waals surface area contributed by atoms with Crippen LogP contribution in [0.3, 0.4) is 0 Å². The number of rotatable bonds is 11. The molecule has 8 aromatic heterocycles. The molecule has 0 aliphatic carbocycles. The zero-order chi connectivity index (χ0) is 78.4. The minimum absolute atomic E-state index is 0.0266. The van der Waals surface area contributed by atoms with Crippen molar-refractivity contribution in [2.24, 2.45) is 0 Å². The Morgan fingerprint density at radius 3 is 1.00 bits per heavy atom. The number of likely N-dealkylation sites (tertiary alicyclic amines) is 4. The third kappa shape index (κ3) is 17.0. The SMILES string of the molecule is O=C(c1nc2ccccc2[nH]1)N1CC(c2nccnc2Cl)C1.O=C(c1nc2ccccc2[nH]1)N1CC(c2nccnc2N2CCC(F)(F)CC2)C1.O=C(c1nc2ccccc2[nH]1)N1CC(c2nccnc2N2CCC(O)CC2)C1.O=C1CCN(c2nccnc2C2CN(C(=O)c3nc4ccccc4[nH]3)C2)CC1.OC1CCNCC1. The zero-order valence-corrected chi connectivity index (χ0v) is 63.1. The van der Waals surface area contributed by atoms with Gasteiger partial charge in [0.05, 0.1) is 79.1 Å². The third-order valence-electron chi connectivity index (χ3n) is 21.9. The average molecular weight is 1570 g/mol. The third-order valence-corrected chi connectivity index (χ3v) is 22.2. The lowest BCUT2D eigenvalue weighted by Crippen LogP contribution is -2.50.